The van der Waals surface area contributed by atoms with E-state index in [0.717, 1.165) is 33.0 Å². The summed E-state index contributed by atoms with van der Waals surface area (Å²) < 4.78 is 2.83. The lowest BCUT2D eigenvalue weighted by molar-refractivity contribution is -0.117. The maximum absolute atomic E-state index is 12.5. The first kappa shape index (κ1) is 17.8. The molecule has 1 aliphatic rings. The normalized spacial score (nSPS) is 12.8. The number of nitrogens with one attached hydrogen (secondary N) is 1. The van der Waals surface area contributed by atoms with Gasteiger partial charge in [0.2, 0.25) is 5.91 Å². The fourth-order valence-electron chi connectivity index (χ4n) is 2.94. The zero-order valence-electron chi connectivity index (χ0n) is 14.5. The maximum atomic E-state index is 12.5. The van der Waals surface area contributed by atoms with Gasteiger partial charge in [0.1, 0.15) is 12.4 Å². The molecule has 0 spiro atoms. The molecule has 1 aromatic carbocycles. The van der Waals surface area contributed by atoms with E-state index < -0.39 is 0 Å². The van der Waals surface area contributed by atoms with Crippen molar-refractivity contribution in [2.45, 2.75) is 18.1 Å². The van der Waals surface area contributed by atoms with Crippen LogP contribution in [-0.4, -0.2) is 25.5 Å². The van der Waals surface area contributed by atoms with Gasteiger partial charge >= 0.3 is 0 Å². The topological polar surface area (TPSA) is 81.8 Å². The number of hydrogen-bond donors (Lipinski definition) is 1. The van der Waals surface area contributed by atoms with Crippen LogP contribution in [0.4, 0.5) is 5.82 Å². The SMILES string of the molecule is Cn1nc2c(c1NC(=O)Cn1nc(-c3ccc(Cl)cc3)ccc1=O)CSC2. The van der Waals surface area contributed by atoms with Crippen LogP contribution in [0.25, 0.3) is 11.3 Å². The molecule has 2 aromatic heterocycles. The van der Waals surface area contributed by atoms with Crippen molar-refractivity contribution < 1.29 is 4.79 Å². The monoisotopic (exact) mass is 401 g/mol. The van der Waals surface area contributed by atoms with Gasteiger partial charge in [-0.2, -0.15) is 22.0 Å². The van der Waals surface area contributed by atoms with Crippen molar-refractivity contribution in [3.05, 3.63) is 63.0 Å². The minimum absolute atomic E-state index is 0.173. The summed E-state index contributed by atoms with van der Waals surface area (Å²) in [5.41, 5.74) is 3.12. The number of amides is 1. The zero-order valence-corrected chi connectivity index (χ0v) is 16.0. The van der Waals surface area contributed by atoms with E-state index in [1.165, 1.54) is 6.07 Å². The number of aromatic nitrogens is 4. The third kappa shape index (κ3) is 3.63. The standard InChI is InChI=1S/C18H16ClN5O2S/c1-23-18(13-9-27-10-15(13)21-23)20-16(25)8-24-17(26)7-6-14(22-24)11-2-4-12(19)5-3-11/h2-7H,8-10H2,1H3,(H,20,25). The number of nitrogens with zero attached hydrogens (tertiary/aromatic N) is 4. The van der Waals surface area contributed by atoms with Gasteiger partial charge in [0.05, 0.1) is 11.4 Å². The molecule has 3 aromatic rings. The molecule has 138 valence electrons. The van der Waals surface area contributed by atoms with Gasteiger partial charge in [-0.25, -0.2) is 4.68 Å². The molecule has 0 unspecified atom stereocenters. The second-order valence-corrected chi connectivity index (χ2v) is 7.58. The Bertz CT molecular complexity index is 1070. The van der Waals surface area contributed by atoms with Crippen LogP contribution in [0.2, 0.25) is 5.02 Å². The summed E-state index contributed by atoms with van der Waals surface area (Å²) in [6, 6.07) is 10.2. The highest BCUT2D eigenvalue weighted by Gasteiger charge is 2.22. The Morgan fingerprint density at radius 1 is 1.19 bits per heavy atom. The van der Waals surface area contributed by atoms with Gasteiger partial charge in [-0.15, -0.1) is 0 Å². The van der Waals surface area contributed by atoms with E-state index >= 15 is 0 Å². The van der Waals surface area contributed by atoms with Gasteiger partial charge in [-0.1, -0.05) is 23.7 Å². The third-order valence-electron chi connectivity index (χ3n) is 4.27. The van der Waals surface area contributed by atoms with Crippen molar-refractivity contribution in [3.63, 3.8) is 0 Å². The second-order valence-electron chi connectivity index (χ2n) is 6.16. The van der Waals surface area contributed by atoms with E-state index in [1.54, 1.807) is 41.7 Å². The van der Waals surface area contributed by atoms with E-state index in [2.05, 4.69) is 15.5 Å². The van der Waals surface area contributed by atoms with Crippen molar-refractivity contribution in [1.82, 2.24) is 19.6 Å². The van der Waals surface area contributed by atoms with E-state index in [9.17, 15) is 9.59 Å². The van der Waals surface area contributed by atoms with Crippen LogP contribution in [-0.2, 0) is 29.9 Å². The van der Waals surface area contributed by atoms with Crippen LogP contribution < -0.4 is 10.9 Å². The molecule has 0 atom stereocenters. The molecule has 4 rings (SSSR count). The van der Waals surface area contributed by atoms with Crippen LogP contribution >= 0.6 is 23.4 Å². The van der Waals surface area contributed by atoms with E-state index in [4.69, 9.17) is 11.6 Å². The average Bonchev–Trinajstić information content (AvgIpc) is 3.20. The number of fused-ring (bicyclic) bond motifs is 1. The van der Waals surface area contributed by atoms with Gasteiger partial charge in [0, 0.05) is 40.8 Å². The molecule has 0 saturated heterocycles. The van der Waals surface area contributed by atoms with Crippen molar-refractivity contribution in [1.29, 1.82) is 0 Å². The summed E-state index contributed by atoms with van der Waals surface area (Å²) in [7, 11) is 1.80. The first-order valence-corrected chi connectivity index (χ1v) is 9.81. The minimum atomic E-state index is -0.339. The summed E-state index contributed by atoms with van der Waals surface area (Å²) in [6.07, 6.45) is 0. The molecule has 0 fully saturated rings. The first-order valence-electron chi connectivity index (χ1n) is 8.28. The van der Waals surface area contributed by atoms with Gasteiger partial charge < -0.3 is 5.32 Å². The number of anilines is 1. The molecular formula is C18H16ClN5O2S. The lowest BCUT2D eigenvalue weighted by atomic mass is 10.1. The minimum Gasteiger partial charge on any atom is -0.309 e. The van der Waals surface area contributed by atoms with Gasteiger partial charge in [-0.3, -0.25) is 14.3 Å². The van der Waals surface area contributed by atoms with Crippen LogP contribution in [0.1, 0.15) is 11.3 Å². The number of benzene rings is 1. The molecule has 9 heteroatoms. The summed E-state index contributed by atoms with van der Waals surface area (Å²) in [5.74, 6) is 2.04. The number of hydrogen-bond acceptors (Lipinski definition) is 5. The van der Waals surface area contributed by atoms with Gasteiger partial charge in [-0.05, 0) is 18.2 Å². The van der Waals surface area contributed by atoms with E-state index in [-0.39, 0.29) is 18.0 Å². The Kier molecular flexibility index (Phi) is 4.75. The Morgan fingerprint density at radius 2 is 1.96 bits per heavy atom. The molecular weight excluding hydrogens is 386 g/mol. The van der Waals surface area contributed by atoms with Gasteiger partial charge in [0.15, 0.2) is 0 Å². The quantitative estimate of drug-likeness (QED) is 0.726. The molecule has 0 bridgehead atoms. The lowest BCUT2D eigenvalue weighted by Gasteiger charge is -2.09. The molecule has 1 aliphatic heterocycles. The molecule has 7 nitrogen and oxygen atoms in total. The zero-order chi connectivity index (χ0) is 19.0. The van der Waals surface area contributed by atoms with Crippen LogP contribution in [0.5, 0.6) is 0 Å². The van der Waals surface area contributed by atoms with Crippen LogP contribution in [0.15, 0.2) is 41.2 Å². The molecule has 0 aliphatic carbocycles. The molecule has 0 radical (unpaired) electrons. The fourth-order valence-corrected chi connectivity index (χ4v) is 4.10. The summed E-state index contributed by atoms with van der Waals surface area (Å²) >= 11 is 7.67. The number of rotatable bonds is 4. The van der Waals surface area contributed by atoms with Crippen molar-refractivity contribution in [2.75, 3.05) is 5.32 Å². The molecule has 1 amide bonds. The van der Waals surface area contributed by atoms with Gasteiger partial charge in [0.25, 0.3) is 5.56 Å². The molecule has 3 heterocycles. The Labute approximate surface area is 164 Å². The number of thioether (sulfide) groups is 1. The van der Waals surface area contributed by atoms with E-state index in [1.807, 2.05) is 12.1 Å². The molecule has 0 saturated carbocycles. The van der Waals surface area contributed by atoms with Crippen LogP contribution in [0, 0.1) is 0 Å². The number of aryl methyl sites for hydroxylation is 1. The summed E-state index contributed by atoms with van der Waals surface area (Å²) in [4.78, 5) is 24.6. The first-order chi connectivity index (χ1) is 13.0. The lowest BCUT2D eigenvalue weighted by Crippen LogP contribution is -2.30. The Morgan fingerprint density at radius 3 is 2.74 bits per heavy atom. The number of carbonyl (C=O) groups is 1. The average molecular weight is 402 g/mol. The fraction of sp³-hybridized carbons (Fsp3) is 0.222. The van der Waals surface area contributed by atoms with Crippen molar-refractivity contribution in [3.8, 4) is 11.3 Å². The van der Waals surface area contributed by atoms with Crippen LogP contribution in [0.3, 0.4) is 0 Å². The molecule has 1 N–H and O–H groups in total. The summed E-state index contributed by atoms with van der Waals surface area (Å²) in [6.45, 7) is -0.173. The highest BCUT2D eigenvalue weighted by Crippen LogP contribution is 2.34. The summed E-state index contributed by atoms with van der Waals surface area (Å²) in [5, 5.41) is 12.2. The van der Waals surface area contributed by atoms with E-state index in [0.29, 0.717) is 16.5 Å². The smallest absolute Gasteiger partial charge is 0.267 e. The Balaban J connectivity index is 1.55. The van der Waals surface area contributed by atoms with Crippen molar-refractivity contribution in [2.24, 2.45) is 7.05 Å². The number of carbonyl (C=O) groups excluding carboxylic acids is 1. The molecule has 27 heavy (non-hydrogen) atoms. The van der Waals surface area contributed by atoms with Crippen molar-refractivity contribution >= 4 is 35.1 Å². The Hall–Kier alpha value is -2.58. The largest absolute Gasteiger partial charge is 0.309 e. The number of halogens is 1. The highest BCUT2D eigenvalue weighted by molar-refractivity contribution is 7.98. The highest BCUT2D eigenvalue weighted by atomic mass is 35.5. The predicted octanol–water partition coefficient (Wildman–Crippen LogP) is 2.68. The predicted molar refractivity (Wildman–Crippen MR) is 106 cm³/mol. The second kappa shape index (κ2) is 7.21. The maximum Gasteiger partial charge on any atom is 0.267 e. The third-order valence-corrected chi connectivity index (χ3v) is 5.49.